The number of hydrogen-bond donors (Lipinski definition) is 0. The van der Waals surface area contributed by atoms with Crippen LogP contribution in [0.3, 0.4) is 0 Å². The Kier molecular flexibility index (Phi) is 4.05. The van der Waals surface area contributed by atoms with Crippen LogP contribution in [0.25, 0.3) is 0 Å². The van der Waals surface area contributed by atoms with Crippen LogP contribution in [0.2, 0.25) is 0 Å². The van der Waals surface area contributed by atoms with Gasteiger partial charge in [-0.05, 0) is 43.2 Å². The lowest BCUT2D eigenvalue weighted by Crippen LogP contribution is -2.27. The summed E-state index contributed by atoms with van der Waals surface area (Å²) >= 11 is 3.46. The first-order valence-corrected chi connectivity index (χ1v) is 6.90. The Labute approximate surface area is 122 Å². The van der Waals surface area contributed by atoms with E-state index in [9.17, 15) is 4.79 Å². The number of hydrogen-bond acceptors (Lipinski definition) is 1. The molecule has 0 aliphatic rings. The Morgan fingerprint density at radius 1 is 1.05 bits per heavy atom. The highest BCUT2D eigenvalue weighted by molar-refractivity contribution is 9.10. The van der Waals surface area contributed by atoms with Crippen molar-refractivity contribution < 1.29 is 4.79 Å². The van der Waals surface area contributed by atoms with Crippen LogP contribution in [-0.2, 0) is 0 Å². The Hall–Kier alpha value is -1.61. The van der Waals surface area contributed by atoms with Crippen LogP contribution >= 0.6 is 15.9 Å². The van der Waals surface area contributed by atoms with Crippen LogP contribution in [0.1, 0.15) is 21.5 Å². The molecule has 3 heteroatoms. The predicted octanol–water partition coefficient (Wildman–Crippen LogP) is 4.34. The number of carbonyl (C=O) groups excluding carboxylic acids is 1. The van der Waals surface area contributed by atoms with Crippen LogP contribution in [-0.4, -0.2) is 13.0 Å². The largest absolute Gasteiger partial charge is 0.311 e. The van der Waals surface area contributed by atoms with Crippen molar-refractivity contribution in [3.63, 3.8) is 0 Å². The van der Waals surface area contributed by atoms with E-state index in [1.165, 1.54) is 0 Å². The second kappa shape index (κ2) is 5.57. The number of para-hydroxylation sites is 1. The molecule has 0 spiro atoms. The molecule has 98 valence electrons. The van der Waals surface area contributed by atoms with E-state index in [0.29, 0.717) is 0 Å². The molecule has 0 saturated carbocycles. The van der Waals surface area contributed by atoms with Gasteiger partial charge in [-0.25, -0.2) is 0 Å². The first kappa shape index (κ1) is 13.8. The first-order valence-electron chi connectivity index (χ1n) is 6.11. The minimum Gasteiger partial charge on any atom is -0.311 e. The van der Waals surface area contributed by atoms with Crippen LogP contribution < -0.4 is 4.90 Å². The standard InChI is InChI=1S/C16H16BrNO/c1-11-7-4-5-10-15(11)18(3)16(19)13-8-6-9-14(17)12(13)2/h4-10H,1-3H3. The van der Waals surface area contributed by atoms with Crippen molar-refractivity contribution >= 4 is 27.5 Å². The molecule has 19 heavy (non-hydrogen) atoms. The van der Waals surface area contributed by atoms with Crippen molar-refractivity contribution in [2.45, 2.75) is 13.8 Å². The molecule has 1 amide bonds. The molecule has 0 aliphatic carbocycles. The zero-order valence-corrected chi connectivity index (χ0v) is 12.9. The van der Waals surface area contributed by atoms with Crippen molar-refractivity contribution in [1.82, 2.24) is 0 Å². The van der Waals surface area contributed by atoms with Gasteiger partial charge in [0.2, 0.25) is 0 Å². The zero-order chi connectivity index (χ0) is 14.0. The average molecular weight is 318 g/mol. The number of carbonyl (C=O) groups is 1. The fraction of sp³-hybridized carbons (Fsp3) is 0.188. The molecule has 0 atom stereocenters. The molecule has 0 radical (unpaired) electrons. The summed E-state index contributed by atoms with van der Waals surface area (Å²) in [6.45, 7) is 3.95. The lowest BCUT2D eigenvalue weighted by atomic mass is 10.1. The molecule has 0 N–H and O–H groups in total. The molecule has 0 bridgehead atoms. The van der Waals surface area contributed by atoms with Crippen molar-refractivity contribution in [2.24, 2.45) is 0 Å². The van der Waals surface area contributed by atoms with Gasteiger partial charge in [0.1, 0.15) is 0 Å². The van der Waals surface area contributed by atoms with E-state index in [2.05, 4.69) is 15.9 Å². The van der Waals surface area contributed by atoms with Crippen molar-refractivity contribution in [3.8, 4) is 0 Å². The number of rotatable bonds is 2. The summed E-state index contributed by atoms with van der Waals surface area (Å²) in [6, 6.07) is 13.6. The van der Waals surface area contributed by atoms with Gasteiger partial charge in [0, 0.05) is 22.8 Å². The molecule has 0 saturated heterocycles. The van der Waals surface area contributed by atoms with Crippen molar-refractivity contribution in [3.05, 3.63) is 63.6 Å². The Morgan fingerprint density at radius 2 is 1.74 bits per heavy atom. The van der Waals surface area contributed by atoms with Crippen LogP contribution in [0.4, 0.5) is 5.69 Å². The predicted molar refractivity (Wildman–Crippen MR) is 82.8 cm³/mol. The number of nitrogens with zero attached hydrogens (tertiary/aromatic N) is 1. The summed E-state index contributed by atoms with van der Waals surface area (Å²) < 4.78 is 0.955. The topological polar surface area (TPSA) is 20.3 Å². The summed E-state index contributed by atoms with van der Waals surface area (Å²) in [4.78, 5) is 14.3. The smallest absolute Gasteiger partial charge is 0.258 e. The Balaban J connectivity index is 2.40. The summed E-state index contributed by atoms with van der Waals surface area (Å²) in [5.41, 5.74) is 3.71. The van der Waals surface area contributed by atoms with E-state index in [4.69, 9.17) is 0 Å². The third-order valence-electron chi connectivity index (χ3n) is 3.28. The van der Waals surface area contributed by atoms with Gasteiger partial charge < -0.3 is 4.90 Å². The van der Waals surface area contributed by atoms with Gasteiger partial charge in [-0.2, -0.15) is 0 Å². The highest BCUT2D eigenvalue weighted by Crippen LogP contribution is 2.24. The lowest BCUT2D eigenvalue weighted by molar-refractivity contribution is 0.0992. The monoisotopic (exact) mass is 317 g/mol. The van der Waals surface area contributed by atoms with E-state index in [1.807, 2.05) is 63.4 Å². The lowest BCUT2D eigenvalue weighted by Gasteiger charge is -2.20. The Morgan fingerprint density at radius 3 is 2.42 bits per heavy atom. The fourth-order valence-corrected chi connectivity index (χ4v) is 2.44. The molecule has 0 unspecified atom stereocenters. The summed E-state index contributed by atoms with van der Waals surface area (Å²) in [6.07, 6.45) is 0. The third-order valence-corrected chi connectivity index (χ3v) is 4.14. The van der Waals surface area contributed by atoms with Gasteiger partial charge in [0.15, 0.2) is 0 Å². The molecule has 0 aromatic heterocycles. The van der Waals surface area contributed by atoms with Crippen LogP contribution in [0.5, 0.6) is 0 Å². The number of amides is 1. The van der Waals surface area contributed by atoms with Gasteiger partial charge in [0.25, 0.3) is 5.91 Å². The van der Waals surface area contributed by atoms with E-state index in [1.54, 1.807) is 4.90 Å². The van der Waals surface area contributed by atoms with Crippen molar-refractivity contribution in [2.75, 3.05) is 11.9 Å². The highest BCUT2D eigenvalue weighted by Gasteiger charge is 2.17. The zero-order valence-electron chi connectivity index (χ0n) is 11.3. The molecule has 0 aliphatic heterocycles. The highest BCUT2D eigenvalue weighted by atomic mass is 79.9. The maximum Gasteiger partial charge on any atom is 0.258 e. The number of aryl methyl sites for hydroxylation is 1. The van der Waals surface area contributed by atoms with Gasteiger partial charge in [0.05, 0.1) is 0 Å². The third kappa shape index (κ3) is 2.71. The molecule has 0 fully saturated rings. The minimum atomic E-state index is 0.00750. The summed E-state index contributed by atoms with van der Waals surface area (Å²) in [5, 5.41) is 0. The first-order chi connectivity index (χ1) is 9.02. The molecule has 2 aromatic carbocycles. The Bertz CT molecular complexity index is 622. The van der Waals surface area contributed by atoms with Gasteiger partial charge in [-0.1, -0.05) is 40.2 Å². The maximum absolute atomic E-state index is 12.6. The van der Waals surface area contributed by atoms with Crippen molar-refractivity contribution in [1.29, 1.82) is 0 Å². The normalized spacial score (nSPS) is 10.3. The van der Waals surface area contributed by atoms with Crippen LogP contribution in [0, 0.1) is 13.8 Å². The number of halogens is 1. The van der Waals surface area contributed by atoms with Crippen LogP contribution in [0.15, 0.2) is 46.9 Å². The quantitative estimate of drug-likeness (QED) is 0.806. The fourth-order valence-electron chi connectivity index (χ4n) is 2.07. The van der Waals surface area contributed by atoms with E-state index in [-0.39, 0.29) is 5.91 Å². The SMILES string of the molecule is Cc1ccccc1N(C)C(=O)c1cccc(Br)c1C. The second-order valence-corrected chi connectivity index (χ2v) is 5.42. The molecule has 0 heterocycles. The molecule has 2 aromatic rings. The van der Waals surface area contributed by atoms with E-state index >= 15 is 0 Å². The number of benzene rings is 2. The molecule has 2 nitrogen and oxygen atoms in total. The summed E-state index contributed by atoms with van der Waals surface area (Å²) in [7, 11) is 1.81. The minimum absolute atomic E-state index is 0.00750. The molecule has 2 rings (SSSR count). The van der Waals surface area contributed by atoms with Gasteiger partial charge in [-0.15, -0.1) is 0 Å². The molecular weight excluding hydrogens is 302 g/mol. The maximum atomic E-state index is 12.6. The summed E-state index contributed by atoms with van der Waals surface area (Å²) in [5.74, 6) is 0.00750. The van der Waals surface area contributed by atoms with Gasteiger partial charge >= 0.3 is 0 Å². The van der Waals surface area contributed by atoms with E-state index in [0.717, 1.165) is 26.9 Å². The average Bonchev–Trinajstić information content (AvgIpc) is 2.41. The molecular formula is C16H16BrNO. The van der Waals surface area contributed by atoms with E-state index < -0.39 is 0 Å². The van der Waals surface area contributed by atoms with Gasteiger partial charge in [-0.3, -0.25) is 4.79 Å². The second-order valence-electron chi connectivity index (χ2n) is 4.56. The number of anilines is 1.